The highest BCUT2D eigenvalue weighted by Crippen LogP contribution is 2.22. The quantitative estimate of drug-likeness (QED) is 0.459. The molecule has 0 amide bonds. The van der Waals surface area contributed by atoms with Crippen molar-refractivity contribution in [3.8, 4) is 0 Å². The van der Waals surface area contributed by atoms with Crippen molar-refractivity contribution in [1.29, 1.82) is 0 Å². The second kappa shape index (κ2) is 12.9. The van der Waals surface area contributed by atoms with Crippen LogP contribution in [0.25, 0.3) is 5.70 Å². The molecule has 5 N–H and O–H groups in total. The van der Waals surface area contributed by atoms with E-state index >= 15 is 0 Å². The zero-order valence-corrected chi connectivity index (χ0v) is 18.7. The van der Waals surface area contributed by atoms with Gasteiger partial charge < -0.3 is 21.5 Å². The number of nitrogens with one attached hydrogen (secondary N) is 1. The number of hydrogen-bond acceptors (Lipinski definition) is 4. The van der Waals surface area contributed by atoms with Gasteiger partial charge in [-0.1, -0.05) is 60.2 Å². The summed E-state index contributed by atoms with van der Waals surface area (Å²) in [7, 11) is 1.70. The van der Waals surface area contributed by atoms with Crippen LogP contribution >= 0.6 is 0 Å². The molecule has 4 heteroatoms. The van der Waals surface area contributed by atoms with E-state index in [1.54, 1.807) is 7.11 Å². The molecule has 0 aromatic heterocycles. The molecule has 1 fully saturated rings. The lowest BCUT2D eigenvalue weighted by molar-refractivity contribution is 0.195. The Hall–Kier alpha value is -2.56. The molecular weight excluding hydrogens is 370 g/mol. The molecule has 162 valence electrons. The Morgan fingerprint density at radius 1 is 1.10 bits per heavy atom. The highest BCUT2D eigenvalue weighted by molar-refractivity contribution is 5.65. The average Bonchev–Trinajstić information content (AvgIpc) is 3.29. The maximum atomic E-state index is 6.08. The summed E-state index contributed by atoms with van der Waals surface area (Å²) in [6.07, 6.45) is 5.08. The van der Waals surface area contributed by atoms with E-state index in [1.165, 1.54) is 24.1 Å². The van der Waals surface area contributed by atoms with E-state index in [-0.39, 0.29) is 0 Å². The van der Waals surface area contributed by atoms with E-state index in [0.717, 1.165) is 54.4 Å². The highest BCUT2D eigenvalue weighted by atomic mass is 16.5. The Morgan fingerprint density at radius 3 is 2.37 bits per heavy atom. The third kappa shape index (κ3) is 8.05. The first kappa shape index (κ1) is 23.7. The minimum Gasteiger partial charge on any atom is -0.402 e. The van der Waals surface area contributed by atoms with Crippen LogP contribution in [0, 0.1) is 6.92 Å². The van der Waals surface area contributed by atoms with Crippen LogP contribution in [-0.2, 0) is 4.74 Å². The van der Waals surface area contributed by atoms with Gasteiger partial charge in [0.05, 0.1) is 0 Å². The first-order chi connectivity index (χ1) is 14.5. The molecule has 4 nitrogen and oxygen atoms in total. The Morgan fingerprint density at radius 2 is 1.80 bits per heavy atom. The Kier molecular flexibility index (Phi) is 10.2. The van der Waals surface area contributed by atoms with Crippen LogP contribution in [-0.4, -0.2) is 26.8 Å². The van der Waals surface area contributed by atoms with Crippen molar-refractivity contribution in [2.24, 2.45) is 11.5 Å². The molecule has 0 aliphatic carbocycles. The van der Waals surface area contributed by atoms with Gasteiger partial charge in [-0.25, -0.2) is 0 Å². The topological polar surface area (TPSA) is 73.3 Å². The van der Waals surface area contributed by atoms with Gasteiger partial charge in [0.15, 0.2) is 0 Å². The largest absolute Gasteiger partial charge is 0.402 e. The smallest absolute Gasteiger partial charge is 0.0465 e. The molecule has 0 saturated carbocycles. The van der Waals surface area contributed by atoms with Crippen molar-refractivity contribution in [2.75, 3.05) is 26.8 Å². The van der Waals surface area contributed by atoms with E-state index in [1.807, 2.05) is 43.3 Å². The number of nitrogens with two attached hydrogens (primary N) is 2. The first-order valence-electron chi connectivity index (χ1n) is 10.7. The van der Waals surface area contributed by atoms with Crippen LogP contribution in [0.15, 0.2) is 71.9 Å². The molecule has 3 rings (SSSR count). The predicted molar refractivity (Wildman–Crippen MR) is 128 cm³/mol. The molecule has 0 bridgehead atoms. The molecule has 2 aromatic rings. The van der Waals surface area contributed by atoms with Crippen molar-refractivity contribution < 1.29 is 4.74 Å². The van der Waals surface area contributed by atoms with Crippen molar-refractivity contribution in [3.05, 3.63) is 88.6 Å². The van der Waals surface area contributed by atoms with Crippen LogP contribution < -0.4 is 16.8 Å². The summed E-state index contributed by atoms with van der Waals surface area (Å²) in [5.41, 5.74) is 18.5. The Balaban J connectivity index is 0.000000230. The van der Waals surface area contributed by atoms with Gasteiger partial charge in [0.1, 0.15) is 0 Å². The van der Waals surface area contributed by atoms with Crippen LogP contribution in [0.3, 0.4) is 0 Å². The third-order valence-corrected chi connectivity index (χ3v) is 5.35. The Labute approximate surface area is 182 Å². The normalized spacial score (nSPS) is 17.2. The lowest BCUT2D eigenvalue weighted by atomic mass is 9.98. The summed E-state index contributed by atoms with van der Waals surface area (Å²) in [4.78, 5) is 0. The molecule has 1 atom stereocenters. The number of ether oxygens (including phenoxy) is 1. The first-order valence-corrected chi connectivity index (χ1v) is 10.7. The molecule has 1 aliphatic rings. The molecule has 1 aliphatic heterocycles. The fourth-order valence-corrected chi connectivity index (χ4v) is 3.47. The average molecular weight is 408 g/mol. The Bertz CT molecular complexity index is 800. The van der Waals surface area contributed by atoms with Gasteiger partial charge in [-0.15, -0.1) is 0 Å². The maximum absolute atomic E-state index is 6.08. The fourth-order valence-electron chi connectivity index (χ4n) is 3.47. The number of aryl methyl sites for hydroxylation is 1. The fraction of sp³-hybridized carbons (Fsp3) is 0.385. The minimum absolute atomic E-state index is 0.732. The SMILES string of the molecule is COCCCC(/C=C(\N)c1ccccc1)=C(\C)N.Cc1ccc(C2CCNC2)cc1. The number of allylic oxidation sites excluding steroid dienone is 3. The summed E-state index contributed by atoms with van der Waals surface area (Å²) in [5.74, 6) is 0.755. The van der Waals surface area contributed by atoms with Gasteiger partial charge in [-0.2, -0.15) is 0 Å². The van der Waals surface area contributed by atoms with E-state index in [9.17, 15) is 0 Å². The van der Waals surface area contributed by atoms with Crippen molar-refractivity contribution >= 4 is 5.70 Å². The van der Waals surface area contributed by atoms with Crippen LogP contribution in [0.1, 0.15) is 48.8 Å². The van der Waals surface area contributed by atoms with Gasteiger partial charge >= 0.3 is 0 Å². The number of benzene rings is 2. The minimum atomic E-state index is 0.732. The third-order valence-electron chi connectivity index (χ3n) is 5.35. The van der Waals surface area contributed by atoms with E-state index in [2.05, 4.69) is 36.5 Å². The van der Waals surface area contributed by atoms with Gasteiger partial charge in [0.2, 0.25) is 0 Å². The lowest BCUT2D eigenvalue weighted by Gasteiger charge is -2.07. The standard InChI is InChI=1S/C15H22N2O.C11H15N/c1-12(16)14(9-6-10-18-2)11-15(17)13-7-4-3-5-8-13;1-9-2-4-10(5-3-9)11-6-7-12-8-11/h3-5,7-8,11H,6,9-10,16-17H2,1-2H3;2-5,11-12H,6-8H2,1H3/b14-12-,15-11-;. The van der Waals surface area contributed by atoms with Crippen molar-refractivity contribution in [1.82, 2.24) is 5.32 Å². The van der Waals surface area contributed by atoms with E-state index in [4.69, 9.17) is 16.2 Å². The molecule has 1 unspecified atom stereocenters. The molecule has 2 aromatic carbocycles. The number of hydrogen-bond donors (Lipinski definition) is 3. The van der Waals surface area contributed by atoms with Crippen LogP contribution in [0.2, 0.25) is 0 Å². The molecular formula is C26H37N3O. The zero-order chi connectivity index (χ0) is 21.8. The second-order valence-electron chi connectivity index (χ2n) is 7.87. The van der Waals surface area contributed by atoms with Crippen molar-refractivity contribution in [3.63, 3.8) is 0 Å². The summed E-state index contributed by atoms with van der Waals surface area (Å²) in [6, 6.07) is 18.8. The number of methoxy groups -OCH3 is 1. The zero-order valence-electron chi connectivity index (χ0n) is 18.7. The maximum Gasteiger partial charge on any atom is 0.0465 e. The van der Waals surface area contributed by atoms with Crippen LogP contribution in [0.4, 0.5) is 0 Å². The van der Waals surface area contributed by atoms with Gasteiger partial charge in [-0.3, -0.25) is 0 Å². The predicted octanol–water partition coefficient (Wildman–Crippen LogP) is 4.72. The molecule has 1 heterocycles. The van der Waals surface area contributed by atoms with Gasteiger partial charge in [0.25, 0.3) is 0 Å². The molecule has 1 saturated heterocycles. The number of rotatable bonds is 7. The lowest BCUT2D eigenvalue weighted by Crippen LogP contribution is -2.07. The highest BCUT2D eigenvalue weighted by Gasteiger charge is 2.15. The molecule has 0 radical (unpaired) electrons. The van der Waals surface area contributed by atoms with Crippen LogP contribution in [0.5, 0.6) is 0 Å². The van der Waals surface area contributed by atoms with E-state index < -0.39 is 0 Å². The summed E-state index contributed by atoms with van der Waals surface area (Å²) < 4.78 is 5.05. The van der Waals surface area contributed by atoms with E-state index in [0.29, 0.717) is 0 Å². The molecule has 0 spiro atoms. The van der Waals surface area contributed by atoms with Crippen molar-refractivity contribution in [2.45, 2.75) is 39.0 Å². The summed E-state index contributed by atoms with van der Waals surface area (Å²) in [6.45, 7) is 7.10. The molecule has 30 heavy (non-hydrogen) atoms. The summed E-state index contributed by atoms with van der Waals surface area (Å²) >= 11 is 0. The summed E-state index contributed by atoms with van der Waals surface area (Å²) in [5, 5.41) is 3.39. The van der Waals surface area contributed by atoms with Gasteiger partial charge in [0, 0.05) is 31.7 Å². The second-order valence-corrected chi connectivity index (χ2v) is 7.87. The monoisotopic (exact) mass is 407 g/mol. The van der Waals surface area contributed by atoms with Gasteiger partial charge in [-0.05, 0) is 68.3 Å².